The minimum absolute atomic E-state index is 0.0295. The number of carbonyl (C=O) groups excluding carboxylic acids is 1. The molecule has 2 heterocycles. The number of aryl methyl sites for hydroxylation is 2. The highest BCUT2D eigenvalue weighted by molar-refractivity contribution is 5.77. The van der Waals surface area contributed by atoms with Crippen LogP contribution >= 0.6 is 0 Å². The zero-order valence-electron chi connectivity index (χ0n) is 12.8. The number of benzene rings is 1. The summed E-state index contributed by atoms with van der Waals surface area (Å²) in [6, 6.07) is 9.66. The molecule has 22 heavy (non-hydrogen) atoms. The predicted molar refractivity (Wildman–Crippen MR) is 84.1 cm³/mol. The van der Waals surface area contributed by atoms with E-state index in [1.54, 1.807) is 0 Å². The standard InChI is InChI=1S/C17H21N3O2/c1-12-11-16(22-19-12)15-7-4-10-20(15)17(21)9-8-13-5-2-3-6-14(13)18/h2-3,5-6,11,15H,4,7-10,18H2,1H3. The van der Waals surface area contributed by atoms with E-state index in [0.717, 1.165) is 42.1 Å². The molecule has 0 bridgehead atoms. The fraction of sp³-hybridized carbons (Fsp3) is 0.412. The third kappa shape index (κ3) is 2.98. The van der Waals surface area contributed by atoms with Gasteiger partial charge in [-0.25, -0.2) is 0 Å². The van der Waals surface area contributed by atoms with Crippen LogP contribution in [0.1, 0.15) is 42.3 Å². The van der Waals surface area contributed by atoms with Crippen LogP contribution < -0.4 is 5.73 Å². The van der Waals surface area contributed by atoms with Crippen LogP contribution in [0.4, 0.5) is 5.69 Å². The van der Waals surface area contributed by atoms with E-state index >= 15 is 0 Å². The Labute approximate surface area is 130 Å². The second-order valence-corrected chi connectivity index (χ2v) is 5.81. The quantitative estimate of drug-likeness (QED) is 0.881. The van der Waals surface area contributed by atoms with Crippen LogP contribution in [0.25, 0.3) is 0 Å². The van der Waals surface area contributed by atoms with Gasteiger partial charge in [0.1, 0.15) is 0 Å². The average Bonchev–Trinajstić information content (AvgIpc) is 3.14. The molecule has 2 N–H and O–H groups in total. The van der Waals surface area contributed by atoms with Crippen molar-refractivity contribution in [1.29, 1.82) is 0 Å². The number of nitrogens with two attached hydrogens (primary N) is 1. The third-order valence-corrected chi connectivity index (χ3v) is 4.21. The SMILES string of the molecule is Cc1cc(C2CCCN2C(=O)CCc2ccccc2N)on1. The molecule has 1 amide bonds. The van der Waals surface area contributed by atoms with Crippen LogP contribution in [-0.2, 0) is 11.2 Å². The summed E-state index contributed by atoms with van der Waals surface area (Å²) in [5.41, 5.74) is 8.57. The summed E-state index contributed by atoms with van der Waals surface area (Å²) in [7, 11) is 0. The number of hydrogen-bond acceptors (Lipinski definition) is 4. The fourth-order valence-corrected chi connectivity index (χ4v) is 3.05. The molecular weight excluding hydrogens is 278 g/mol. The number of amides is 1. The molecule has 1 aromatic carbocycles. The van der Waals surface area contributed by atoms with Gasteiger partial charge in [0.15, 0.2) is 5.76 Å². The van der Waals surface area contributed by atoms with Crippen LogP contribution in [0.15, 0.2) is 34.9 Å². The zero-order chi connectivity index (χ0) is 15.5. The Morgan fingerprint density at radius 1 is 1.45 bits per heavy atom. The van der Waals surface area contributed by atoms with Crippen molar-refractivity contribution in [2.75, 3.05) is 12.3 Å². The summed E-state index contributed by atoms with van der Waals surface area (Å²) in [5.74, 6) is 0.947. The molecule has 1 atom stereocenters. The van der Waals surface area contributed by atoms with E-state index in [9.17, 15) is 4.79 Å². The molecule has 1 aliphatic rings. The van der Waals surface area contributed by atoms with Gasteiger partial charge in [0, 0.05) is 24.7 Å². The molecular formula is C17H21N3O2. The minimum atomic E-state index is 0.0295. The lowest BCUT2D eigenvalue weighted by Crippen LogP contribution is -2.30. The number of rotatable bonds is 4. The number of nitrogens with zero attached hydrogens (tertiary/aromatic N) is 2. The largest absolute Gasteiger partial charge is 0.399 e. The van der Waals surface area contributed by atoms with Gasteiger partial charge in [0.2, 0.25) is 5.91 Å². The van der Waals surface area contributed by atoms with Crippen LogP contribution in [-0.4, -0.2) is 22.5 Å². The summed E-state index contributed by atoms with van der Waals surface area (Å²) in [6.07, 6.45) is 3.08. The molecule has 5 heteroatoms. The summed E-state index contributed by atoms with van der Waals surface area (Å²) >= 11 is 0. The molecule has 116 valence electrons. The highest BCUT2D eigenvalue weighted by Crippen LogP contribution is 2.33. The Kier molecular flexibility index (Phi) is 4.13. The Morgan fingerprint density at radius 2 is 2.27 bits per heavy atom. The van der Waals surface area contributed by atoms with E-state index in [1.165, 1.54) is 0 Å². The first kappa shape index (κ1) is 14.6. The lowest BCUT2D eigenvalue weighted by molar-refractivity contribution is -0.132. The van der Waals surface area contributed by atoms with Crippen LogP contribution in [0.2, 0.25) is 0 Å². The highest BCUT2D eigenvalue weighted by atomic mass is 16.5. The Hall–Kier alpha value is -2.30. The lowest BCUT2D eigenvalue weighted by atomic mass is 10.1. The summed E-state index contributed by atoms with van der Waals surface area (Å²) < 4.78 is 5.35. The monoisotopic (exact) mass is 299 g/mol. The average molecular weight is 299 g/mol. The van der Waals surface area contributed by atoms with Crippen molar-refractivity contribution < 1.29 is 9.32 Å². The maximum atomic E-state index is 12.5. The first-order valence-corrected chi connectivity index (χ1v) is 7.71. The first-order valence-electron chi connectivity index (χ1n) is 7.71. The summed E-state index contributed by atoms with van der Waals surface area (Å²) in [5, 5.41) is 3.93. The lowest BCUT2D eigenvalue weighted by Gasteiger charge is -2.22. The van der Waals surface area contributed by atoms with Gasteiger partial charge in [0.25, 0.3) is 0 Å². The van der Waals surface area contributed by atoms with Gasteiger partial charge < -0.3 is 15.2 Å². The Morgan fingerprint density at radius 3 is 3.00 bits per heavy atom. The van der Waals surface area contributed by atoms with Gasteiger partial charge in [0.05, 0.1) is 11.7 Å². The number of anilines is 1. The first-order chi connectivity index (χ1) is 10.6. The van der Waals surface area contributed by atoms with E-state index in [4.69, 9.17) is 10.3 Å². The van der Waals surface area contributed by atoms with Crippen molar-refractivity contribution in [2.45, 2.75) is 38.6 Å². The normalized spacial score (nSPS) is 17.9. The van der Waals surface area contributed by atoms with Crippen molar-refractivity contribution in [3.8, 4) is 0 Å². The second kappa shape index (κ2) is 6.22. The Balaban J connectivity index is 1.65. The van der Waals surface area contributed by atoms with Gasteiger partial charge in [-0.05, 0) is 37.8 Å². The van der Waals surface area contributed by atoms with Crippen molar-refractivity contribution in [2.24, 2.45) is 0 Å². The van der Waals surface area contributed by atoms with Crippen LogP contribution in [0, 0.1) is 6.92 Å². The van der Waals surface area contributed by atoms with Gasteiger partial charge in [-0.1, -0.05) is 23.4 Å². The number of likely N-dealkylation sites (tertiary alicyclic amines) is 1. The number of carbonyl (C=O) groups is 1. The molecule has 1 saturated heterocycles. The number of hydrogen-bond donors (Lipinski definition) is 1. The van der Waals surface area contributed by atoms with E-state index < -0.39 is 0 Å². The zero-order valence-corrected chi connectivity index (χ0v) is 12.8. The number of aromatic nitrogens is 1. The fourth-order valence-electron chi connectivity index (χ4n) is 3.05. The van der Waals surface area contributed by atoms with Gasteiger partial charge in [-0.15, -0.1) is 0 Å². The van der Waals surface area contributed by atoms with Gasteiger partial charge in [-0.2, -0.15) is 0 Å². The molecule has 3 rings (SSSR count). The number of nitrogen functional groups attached to an aromatic ring is 1. The molecule has 0 saturated carbocycles. The van der Waals surface area contributed by atoms with Crippen molar-refractivity contribution >= 4 is 11.6 Å². The van der Waals surface area contributed by atoms with E-state index in [2.05, 4.69) is 5.16 Å². The van der Waals surface area contributed by atoms with Crippen LogP contribution in [0.3, 0.4) is 0 Å². The van der Waals surface area contributed by atoms with Gasteiger partial charge >= 0.3 is 0 Å². The van der Waals surface area contributed by atoms with Crippen LogP contribution in [0.5, 0.6) is 0 Å². The predicted octanol–water partition coefficient (Wildman–Crippen LogP) is 2.86. The second-order valence-electron chi connectivity index (χ2n) is 5.81. The summed E-state index contributed by atoms with van der Waals surface area (Å²) in [4.78, 5) is 14.5. The maximum Gasteiger partial charge on any atom is 0.223 e. The minimum Gasteiger partial charge on any atom is -0.399 e. The molecule has 1 fully saturated rings. The van der Waals surface area contributed by atoms with E-state index in [0.29, 0.717) is 12.8 Å². The smallest absolute Gasteiger partial charge is 0.223 e. The highest BCUT2D eigenvalue weighted by Gasteiger charge is 2.32. The van der Waals surface area contributed by atoms with E-state index in [-0.39, 0.29) is 11.9 Å². The topological polar surface area (TPSA) is 72.4 Å². The maximum absolute atomic E-state index is 12.5. The van der Waals surface area contributed by atoms with E-state index in [1.807, 2.05) is 42.2 Å². The van der Waals surface area contributed by atoms with Gasteiger partial charge in [-0.3, -0.25) is 4.79 Å². The van der Waals surface area contributed by atoms with Crippen molar-refractivity contribution in [1.82, 2.24) is 10.1 Å². The summed E-state index contributed by atoms with van der Waals surface area (Å²) in [6.45, 7) is 2.68. The van der Waals surface area contributed by atoms with Crippen molar-refractivity contribution in [3.05, 3.63) is 47.3 Å². The Bertz CT molecular complexity index is 665. The number of para-hydroxylation sites is 1. The molecule has 0 spiro atoms. The molecule has 1 aliphatic heterocycles. The molecule has 0 aliphatic carbocycles. The third-order valence-electron chi connectivity index (χ3n) is 4.21. The molecule has 1 unspecified atom stereocenters. The molecule has 0 radical (unpaired) electrons. The molecule has 5 nitrogen and oxygen atoms in total. The molecule has 1 aromatic heterocycles. The van der Waals surface area contributed by atoms with Crippen molar-refractivity contribution in [3.63, 3.8) is 0 Å². The molecule has 2 aromatic rings.